The normalized spacial score (nSPS) is 12.7. The summed E-state index contributed by atoms with van der Waals surface area (Å²) in [6.45, 7) is 0. The number of hydrogen-bond donors (Lipinski definition) is 2. The molecule has 2 N–H and O–H groups in total. The van der Waals surface area contributed by atoms with E-state index in [0.717, 1.165) is 6.07 Å². The van der Waals surface area contributed by atoms with Crippen molar-refractivity contribution in [3.05, 3.63) is 34.2 Å². The van der Waals surface area contributed by atoms with E-state index >= 15 is 0 Å². The maximum absolute atomic E-state index is 11.9. The molecule has 0 fully saturated rings. The Morgan fingerprint density at radius 2 is 2.06 bits per heavy atom. The van der Waals surface area contributed by atoms with E-state index in [9.17, 15) is 13.2 Å². The van der Waals surface area contributed by atoms with Crippen molar-refractivity contribution in [2.45, 2.75) is 6.36 Å². The number of benzene rings is 1. The molecule has 0 aliphatic heterocycles. The van der Waals surface area contributed by atoms with E-state index in [-0.39, 0.29) is 5.02 Å². The highest BCUT2D eigenvalue weighted by Crippen LogP contribution is 2.31. The van der Waals surface area contributed by atoms with E-state index in [2.05, 4.69) is 17.4 Å². The maximum Gasteiger partial charge on any atom is 0.573 e. The Hall–Kier alpha value is -1.01. The number of thiol groups is 1. The fraction of sp³-hybridized carbons (Fsp3) is 0.111. The smallest absolute Gasteiger partial charge is 0.404 e. The van der Waals surface area contributed by atoms with Gasteiger partial charge in [0.15, 0.2) is 0 Å². The number of ether oxygens (including phenoxy) is 1. The molecule has 0 bridgehead atoms. The van der Waals surface area contributed by atoms with E-state index in [4.69, 9.17) is 17.3 Å². The van der Waals surface area contributed by atoms with Crippen LogP contribution in [0.15, 0.2) is 23.6 Å². The van der Waals surface area contributed by atoms with Crippen LogP contribution in [0, 0.1) is 0 Å². The number of rotatable bonds is 2. The van der Waals surface area contributed by atoms with E-state index in [1.807, 2.05) is 0 Å². The van der Waals surface area contributed by atoms with Gasteiger partial charge in [0.05, 0.1) is 5.02 Å². The van der Waals surface area contributed by atoms with Crippen LogP contribution in [-0.2, 0) is 0 Å². The first kappa shape index (κ1) is 13.1. The van der Waals surface area contributed by atoms with Crippen LogP contribution in [0.2, 0.25) is 5.02 Å². The summed E-state index contributed by atoms with van der Waals surface area (Å²) in [5, 5.41) is 1.14. The Morgan fingerprint density at radius 1 is 1.44 bits per heavy atom. The second-order valence-electron chi connectivity index (χ2n) is 2.78. The summed E-state index contributed by atoms with van der Waals surface area (Å²) < 4.78 is 39.4. The van der Waals surface area contributed by atoms with Crippen LogP contribution in [0.1, 0.15) is 5.56 Å². The summed E-state index contributed by atoms with van der Waals surface area (Å²) in [5.74, 6) is -0.468. The fourth-order valence-electron chi connectivity index (χ4n) is 0.962. The van der Waals surface area contributed by atoms with Gasteiger partial charge in [0, 0.05) is 5.70 Å². The molecule has 88 valence electrons. The molecule has 1 rings (SSSR count). The van der Waals surface area contributed by atoms with Crippen molar-refractivity contribution in [3.63, 3.8) is 0 Å². The molecule has 0 atom stereocenters. The van der Waals surface area contributed by atoms with Gasteiger partial charge in [0.2, 0.25) is 0 Å². The third kappa shape index (κ3) is 3.53. The Labute approximate surface area is 100 Å². The van der Waals surface area contributed by atoms with Gasteiger partial charge in [-0.15, -0.1) is 25.8 Å². The van der Waals surface area contributed by atoms with Gasteiger partial charge in [-0.25, -0.2) is 0 Å². The van der Waals surface area contributed by atoms with Gasteiger partial charge < -0.3 is 10.5 Å². The van der Waals surface area contributed by atoms with Crippen molar-refractivity contribution in [1.29, 1.82) is 0 Å². The summed E-state index contributed by atoms with van der Waals surface area (Å²) in [5.41, 5.74) is 6.27. The quantitative estimate of drug-likeness (QED) is 0.807. The van der Waals surface area contributed by atoms with Gasteiger partial charge in [-0.05, 0) is 29.2 Å². The van der Waals surface area contributed by atoms with Gasteiger partial charge in [-0.3, -0.25) is 0 Å². The molecule has 0 saturated heterocycles. The predicted octanol–water partition coefficient (Wildman–Crippen LogP) is 3.43. The lowest BCUT2D eigenvalue weighted by Gasteiger charge is -2.11. The standard InChI is InChI=1S/C9H7ClF3NOS/c10-6-3-5(7(14)4-16)1-2-8(6)15-9(11,12)13/h1-4,16H,14H2/b7-4-. The molecule has 0 radical (unpaired) electrons. The van der Waals surface area contributed by atoms with E-state index in [1.165, 1.54) is 17.5 Å². The molecule has 0 spiro atoms. The highest BCUT2D eigenvalue weighted by atomic mass is 35.5. The molecule has 0 aromatic heterocycles. The number of halogens is 4. The average molecular weight is 270 g/mol. The third-order valence-electron chi connectivity index (χ3n) is 1.63. The number of hydrogen-bond acceptors (Lipinski definition) is 3. The van der Waals surface area contributed by atoms with Crippen LogP contribution >= 0.6 is 24.2 Å². The molecule has 1 aromatic carbocycles. The largest absolute Gasteiger partial charge is 0.573 e. The zero-order valence-electron chi connectivity index (χ0n) is 7.75. The van der Waals surface area contributed by atoms with Crippen molar-refractivity contribution in [3.8, 4) is 5.75 Å². The first-order chi connectivity index (χ1) is 7.33. The number of nitrogens with two attached hydrogens (primary N) is 1. The topological polar surface area (TPSA) is 35.2 Å². The van der Waals surface area contributed by atoms with Crippen LogP contribution in [-0.4, -0.2) is 6.36 Å². The molecular weight excluding hydrogens is 263 g/mol. The van der Waals surface area contributed by atoms with Gasteiger partial charge in [-0.1, -0.05) is 11.6 Å². The van der Waals surface area contributed by atoms with Crippen molar-refractivity contribution in [1.82, 2.24) is 0 Å². The van der Waals surface area contributed by atoms with Crippen molar-refractivity contribution in [2.75, 3.05) is 0 Å². The minimum atomic E-state index is -4.77. The summed E-state index contributed by atoms with van der Waals surface area (Å²) >= 11 is 9.42. The second-order valence-corrected chi connectivity index (χ2v) is 3.44. The molecular formula is C9H7ClF3NOS. The molecule has 0 heterocycles. The van der Waals surface area contributed by atoms with Crippen LogP contribution < -0.4 is 10.5 Å². The van der Waals surface area contributed by atoms with Gasteiger partial charge in [0.25, 0.3) is 0 Å². The average Bonchev–Trinajstić information content (AvgIpc) is 2.18. The zero-order valence-corrected chi connectivity index (χ0v) is 9.40. The van der Waals surface area contributed by atoms with E-state index in [1.54, 1.807) is 0 Å². The minimum absolute atomic E-state index is 0.173. The van der Waals surface area contributed by atoms with Crippen LogP contribution in [0.3, 0.4) is 0 Å². The summed E-state index contributed by atoms with van der Waals surface area (Å²) in [6.07, 6.45) is -4.77. The summed E-state index contributed by atoms with van der Waals surface area (Å²) in [6, 6.07) is 3.72. The highest BCUT2D eigenvalue weighted by molar-refractivity contribution is 7.83. The minimum Gasteiger partial charge on any atom is -0.404 e. The Morgan fingerprint density at radius 3 is 2.50 bits per heavy atom. The lowest BCUT2D eigenvalue weighted by molar-refractivity contribution is -0.274. The van der Waals surface area contributed by atoms with Gasteiger partial charge in [-0.2, -0.15) is 0 Å². The van der Waals surface area contributed by atoms with Crippen molar-refractivity contribution < 1.29 is 17.9 Å². The Balaban J connectivity index is 3.01. The lowest BCUT2D eigenvalue weighted by Crippen LogP contribution is -2.17. The zero-order chi connectivity index (χ0) is 12.3. The lowest BCUT2D eigenvalue weighted by atomic mass is 10.2. The SMILES string of the molecule is N/C(=C\S)c1ccc(OC(F)(F)F)c(Cl)c1. The van der Waals surface area contributed by atoms with E-state index < -0.39 is 12.1 Å². The first-order valence-electron chi connectivity index (χ1n) is 3.99. The molecule has 2 nitrogen and oxygen atoms in total. The summed E-state index contributed by atoms with van der Waals surface area (Å²) in [7, 11) is 0. The molecule has 7 heteroatoms. The third-order valence-corrected chi connectivity index (χ3v) is 2.20. The van der Waals surface area contributed by atoms with Crippen molar-refractivity contribution in [2.24, 2.45) is 5.73 Å². The predicted molar refractivity (Wildman–Crippen MR) is 59.3 cm³/mol. The second kappa shape index (κ2) is 4.88. The van der Waals surface area contributed by atoms with E-state index in [0.29, 0.717) is 11.3 Å². The Kier molecular flexibility index (Phi) is 3.98. The van der Waals surface area contributed by atoms with Crippen LogP contribution in [0.25, 0.3) is 5.70 Å². The first-order valence-corrected chi connectivity index (χ1v) is 4.88. The molecule has 0 unspecified atom stereocenters. The molecule has 16 heavy (non-hydrogen) atoms. The monoisotopic (exact) mass is 269 g/mol. The molecule has 0 aliphatic rings. The molecule has 1 aromatic rings. The molecule has 0 aliphatic carbocycles. The molecule has 0 amide bonds. The maximum atomic E-state index is 11.9. The highest BCUT2D eigenvalue weighted by Gasteiger charge is 2.32. The van der Waals surface area contributed by atoms with Gasteiger partial charge in [0.1, 0.15) is 5.75 Å². The summed E-state index contributed by atoms with van der Waals surface area (Å²) in [4.78, 5) is 0. The van der Waals surface area contributed by atoms with Crippen molar-refractivity contribution >= 4 is 29.9 Å². The fourth-order valence-corrected chi connectivity index (χ4v) is 1.33. The Bertz CT molecular complexity index is 420. The molecule has 0 saturated carbocycles. The van der Waals surface area contributed by atoms with Crippen LogP contribution in [0.4, 0.5) is 13.2 Å². The number of alkyl halides is 3. The van der Waals surface area contributed by atoms with Crippen LogP contribution in [0.5, 0.6) is 5.75 Å². The van der Waals surface area contributed by atoms with Gasteiger partial charge >= 0.3 is 6.36 Å².